The van der Waals surface area contributed by atoms with E-state index in [1.165, 1.54) is 12.1 Å². The lowest BCUT2D eigenvalue weighted by Gasteiger charge is -2.11. The van der Waals surface area contributed by atoms with Gasteiger partial charge in [-0.3, -0.25) is 4.99 Å². The lowest BCUT2D eigenvalue weighted by Crippen LogP contribution is -2.39. The van der Waals surface area contributed by atoms with Gasteiger partial charge in [0.25, 0.3) is 0 Å². The largest absolute Gasteiger partial charge is 0.361 e. The zero-order valence-corrected chi connectivity index (χ0v) is 17.9. The van der Waals surface area contributed by atoms with Gasteiger partial charge in [0.05, 0.1) is 6.26 Å². The van der Waals surface area contributed by atoms with Crippen LogP contribution < -0.4 is 15.4 Å². The average Bonchev–Trinajstić information content (AvgIpc) is 2.94. The first kappa shape index (κ1) is 22.6. The Hall–Kier alpha value is -1.40. The fourth-order valence-electron chi connectivity index (χ4n) is 2.45. The molecular formula is C16H25FIN5O2S. The van der Waals surface area contributed by atoms with Gasteiger partial charge in [-0.05, 0) is 36.6 Å². The third-order valence-electron chi connectivity index (χ3n) is 3.65. The van der Waals surface area contributed by atoms with Crippen LogP contribution in [0.1, 0.15) is 12.0 Å². The third-order valence-corrected chi connectivity index (χ3v) is 4.38. The van der Waals surface area contributed by atoms with Gasteiger partial charge in [-0.1, -0.05) is 0 Å². The number of guanidine groups is 1. The Morgan fingerprint density at radius 2 is 1.96 bits per heavy atom. The van der Waals surface area contributed by atoms with Gasteiger partial charge in [-0.2, -0.15) is 0 Å². The summed E-state index contributed by atoms with van der Waals surface area (Å²) >= 11 is 0. The normalized spacial score (nSPS) is 12.0. The summed E-state index contributed by atoms with van der Waals surface area (Å²) in [4.78, 5) is 7.25. The fourth-order valence-corrected chi connectivity index (χ4v) is 2.96. The summed E-state index contributed by atoms with van der Waals surface area (Å²) in [7, 11) is -1.47. The second-order valence-corrected chi connectivity index (χ2v) is 7.53. The maximum absolute atomic E-state index is 13.4. The molecule has 0 unspecified atom stereocenters. The molecule has 1 aromatic heterocycles. The second-order valence-electron chi connectivity index (χ2n) is 5.70. The van der Waals surface area contributed by atoms with Crippen molar-refractivity contribution in [1.29, 1.82) is 0 Å². The van der Waals surface area contributed by atoms with Crippen LogP contribution in [0.3, 0.4) is 0 Å². The summed E-state index contributed by atoms with van der Waals surface area (Å²) < 4.78 is 37.7. The van der Waals surface area contributed by atoms with Gasteiger partial charge in [0.2, 0.25) is 10.0 Å². The Kier molecular flexibility index (Phi) is 9.30. The minimum Gasteiger partial charge on any atom is -0.361 e. The van der Waals surface area contributed by atoms with Gasteiger partial charge < -0.3 is 15.6 Å². The van der Waals surface area contributed by atoms with E-state index in [4.69, 9.17) is 0 Å². The Balaban J connectivity index is 0.00000338. The molecule has 7 nitrogen and oxygen atoms in total. The molecule has 2 aromatic rings. The molecule has 0 radical (unpaired) electrons. The average molecular weight is 497 g/mol. The van der Waals surface area contributed by atoms with Crippen LogP contribution in [0.15, 0.2) is 29.4 Å². The first-order valence-corrected chi connectivity index (χ1v) is 9.93. The molecule has 4 N–H and O–H groups in total. The topological polar surface area (TPSA) is 98.4 Å². The summed E-state index contributed by atoms with van der Waals surface area (Å²) in [6.45, 7) is 1.62. The van der Waals surface area contributed by atoms with E-state index < -0.39 is 10.0 Å². The third kappa shape index (κ3) is 7.46. The molecule has 1 heterocycles. The minimum absolute atomic E-state index is 0. The maximum Gasteiger partial charge on any atom is 0.208 e. The highest BCUT2D eigenvalue weighted by atomic mass is 127. The quantitative estimate of drug-likeness (QED) is 0.193. The number of aliphatic imine (C=N–C) groups is 1. The minimum atomic E-state index is -3.14. The Labute approximate surface area is 170 Å². The highest BCUT2D eigenvalue weighted by Crippen LogP contribution is 2.19. The molecule has 0 spiro atoms. The molecule has 0 saturated carbocycles. The van der Waals surface area contributed by atoms with Crippen molar-refractivity contribution in [3.05, 3.63) is 35.8 Å². The first-order chi connectivity index (χ1) is 11.9. The molecule has 0 fully saturated rings. The van der Waals surface area contributed by atoms with E-state index in [1.54, 1.807) is 13.1 Å². The van der Waals surface area contributed by atoms with Crippen molar-refractivity contribution >= 4 is 50.9 Å². The summed E-state index contributed by atoms with van der Waals surface area (Å²) in [6, 6.07) is 4.70. The number of hydrogen-bond donors (Lipinski definition) is 4. The number of nitrogens with one attached hydrogen (secondary N) is 4. The van der Waals surface area contributed by atoms with Gasteiger partial charge in [-0.25, -0.2) is 17.5 Å². The van der Waals surface area contributed by atoms with Crippen molar-refractivity contribution in [2.75, 3.05) is 32.9 Å². The van der Waals surface area contributed by atoms with Gasteiger partial charge in [0.15, 0.2) is 5.96 Å². The number of aromatic amines is 1. The Morgan fingerprint density at radius 1 is 1.23 bits per heavy atom. The zero-order valence-electron chi connectivity index (χ0n) is 14.8. The van der Waals surface area contributed by atoms with Crippen molar-refractivity contribution in [2.24, 2.45) is 4.99 Å². The van der Waals surface area contributed by atoms with Crippen molar-refractivity contribution in [3.63, 3.8) is 0 Å². The van der Waals surface area contributed by atoms with Crippen molar-refractivity contribution in [1.82, 2.24) is 20.3 Å². The van der Waals surface area contributed by atoms with E-state index in [0.717, 1.165) is 29.1 Å². The van der Waals surface area contributed by atoms with E-state index >= 15 is 0 Å². The van der Waals surface area contributed by atoms with Crippen molar-refractivity contribution in [3.8, 4) is 0 Å². The molecule has 10 heteroatoms. The molecule has 0 saturated heterocycles. The van der Waals surface area contributed by atoms with Crippen LogP contribution in [-0.2, 0) is 16.4 Å². The van der Waals surface area contributed by atoms with E-state index in [-0.39, 0.29) is 29.8 Å². The number of hydrogen-bond acceptors (Lipinski definition) is 3. The van der Waals surface area contributed by atoms with Gasteiger partial charge in [0.1, 0.15) is 5.82 Å². The molecule has 146 valence electrons. The van der Waals surface area contributed by atoms with Crippen LogP contribution in [0, 0.1) is 5.82 Å². The van der Waals surface area contributed by atoms with Crippen LogP contribution in [0.25, 0.3) is 10.9 Å². The number of sulfonamides is 1. The van der Waals surface area contributed by atoms with E-state index in [9.17, 15) is 12.8 Å². The smallest absolute Gasteiger partial charge is 0.208 e. The van der Waals surface area contributed by atoms with Crippen molar-refractivity contribution in [2.45, 2.75) is 12.8 Å². The van der Waals surface area contributed by atoms with E-state index in [1.807, 2.05) is 6.20 Å². The van der Waals surface area contributed by atoms with Gasteiger partial charge in [-0.15, -0.1) is 24.0 Å². The van der Waals surface area contributed by atoms with E-state index in [0.29, 0.717) is 32.0 Å². The predicted molar refractivity (Wildman–Crippen MR) is 114 cm³/mol. The molecular weight excluding hydrogens is 472 g/mol. The fraction of sp³-hybridized carbons (Fsp3) is 0.438. The number of benzene rings is 1. The zero-order chi connectivity index (χ0) is 18.3. The number of halogens is 2. The maximum atomic E-state index is 13.4. The number of aromatic nitrogens is 1. The Bertz CT molecular complexity index is 838. The highest BCUT2D eigenvalue weighted by Gasteiger charge is 2.05. The SMILES string of the molecule is CN=C(NCCCNS(C)(=O)=O)NCCc1c[nH]c2ccc(F)cc12.I. The van der Waals surface area contributed by atoms with Crippen molar-refractivity contribution < 1.29 is 12.8 Å². The summed E-state index contributed by atoms with van der Waals surface area (Å²) in [5.41, 5.74) is 1.95. The summed E-state index contributed by atoms with van der Waals surface area (Å²) in [5, 5.41) is 7.19. The summed E-state index contributed by atoms with van der Waals surface area (Å²) in [5.74, 6) is 0.395. The molecule has 0 aliphatic heterocycles. The number of rotatable bonds is 8. The molecule has 2 rings (SSSR count). The highest BCUT2D eigenvalue weighted by molar-refractivity contribution is 14.0. The lowest BCUT2D eigenvalue weighted by molar-refractivity contribution is 0.584. The molecule has 0 atom stereocenters. The van der Waals surface area contributed by atoms with Crippen LogP contribution in [0.5, 0.6) is 0 Å². The lowest BCUT2D eigenvalue weighted by atomic mass is 10.1. The van der Waals surface area contributed by atoms with Crippen LogP contribution >= 0.6 is 24.0 Å². The molecule has 0 aliphatic rings. The second kappa shape index (κ2) is 10.7. The van der Waals surface area contributed by atoms with Crippen LogP contribution in [-0.4, -0.2) is 52.3 Å². The summed E-state index contributed by atoms with van der Waals surface area (Å²) in [6.07, 6.45) is 4.39. The molecule has 1 aromatic carbocycles. The van der Waals surface area contributed by atoms with Gasteiger partial charge >= 0.3 is 0 Å². The van der Waals surface area contributed by atoms with Gasteiger partial charge in [0, 0.05) is 43.8 Å². The van der Waals surface area contributed by atoms with E-state index in [2.05, 4.69) is 25.3 Å². The monoisotopic (exact) mass is 497 g/mol. The number of fused-ring (bicyclic) bond motifs is 1. The number of H-pyrrole nitrogens is 1. The molecule has 0 bridgehead atoms. The number of nitrogens with zero attached hydrogens (tertiary/aromatic N) is 1. The Morgan fingerprint density at radius 3 is 2.65 bits per heavy atom. The van der Waals surface area contributed by atoms with Crippen LogP contribution in [0.4, 0.5) is 4.39 Å². The predicted octanol–water partition coefficient (Wildman–Crippen LogP) is 1.57. The molecule has 0 amide bonds. The standard InChI is InChI=1S/C16H24FN5O2S.HI/c1-18-16(19-7-3-8-22-25(2,23)24)20-9-6-12-11-21-15-5-4-13(17)10-14(12)15;/h4-5,10-11,21-22H,3,6-9H2,1-2H3,(H2,18,19,20);1H. The molecule has 26 heavy (non-hydrogen) atoms. The van der Waals surface area contributed by atoms with Crippen LogP contribution in [0.2, 0.25) is 0 Å². The molecule has 0 aliphatic carbocycles. The first-order valence-electron chi connectivity index (χ1n) is 8.04.